The molecule has 0 aliphatic carbocycles. The number of hydrogen-bond donors (Lipinski definition) is 1. The lowest BCUT2D eigenvalue weighted by Crippen LogP contribution is -2.20. The minimum absolute atomic E-state index is 0.196. The molecule has 0 fully saturated rings. The number of aryl methyl sites for hydroxylation is 2. The number of nitrogens with two attached hydrogens (primary N) is 1. The first kappa shape index (κ1) is 14.2. The molecule has 0 aliphatic rings. The van der Waals surface area contributed by atoms with Crippen LogP contribution in [0.4, 0.5) is 0 Å². The quantitative estimate of drug-likeness (QED) is 0.781. The highest BCUT2D eigenvalue weighted by molar-refractivity contribution is 5.33. The second-order valence-electron chi connectivity index (χ2n) is 4.84. The lowest BCUT2D eigenvalue weighted by atomic mass is 9.87. The molecule has 1 atom stereocenters. The van der Waals surface area contributed by atoms with Crippen molar-refractivity contribution in [3.8, 4) is 0 Å². The third-order valence-corrected chi connectivity index (χ3v) is 3.93. The van der Waals surface area contributed by atoms with Crippen LogP contribution in [0.25, 0.3) is 0 Å². The van der Waals surface area contributed by atoms with Gasteiger partial charge in [0.2, 0.25) is 0 Å². The van der Waals surface area contributed by atoms with E-state index in [1.165, 1.54) is 16.7 Å². The van der Waals surface area contributed by atoms with Gasteiger partial charge < -0.3 is 5.73 Å². The summed E-state index contributed by atoms with van der Waals surface area (Å²) >= 11 is 0. The van der Waals surface area contributed by atoms with Gasteiger partial charge in [-0.05, 0) is 35.4 Å². The van der Waals surface area contributed by atoms with Crippen LogP contribution in [-0.4, -0.2) is 0 Å². The summed E-state index contributed by atoms with van der Waals surface area (Å²) in [6.45, 7) is 8.90. The fourth-order valence-corrected chi connectivity index (χ4v) is 2.60. The van der Waals surface area contributed by atoms with Gasteiger partial charge in [0, 0.05) is 6.04 Å². The first-order valence-electron chi connectivity index (χ1n) is 7.05. The van der Waals surface area contributed by atoms with Crippen LogP contribution < -0.4 is 5.73 Å². The molecule has 0 aromatic heterocycles. The molecule has 1 unspecified atom stereocenters. The first-order valence-corrected chi connectivity index (χ1v) is 7.05. The summed E-state index contributed by atoms with van der Waals surface area (Å²) in [6.07, 6.45) is 4.54. The van der Waals surface area contributed by atoms with Gasteiger partial charge in [0.05, 0.1) is 0 Å². The molecule has 0 spiro atoms. The Kier molecular flexibility index (Phi) is 5.70. The smallest absolute Gasteiger partial charge is 0.0323 e. The summed E-state index contributed by atoms with van der Waals surface area (Å²) in [7, 11) is 0. The molecule has 1 nitrogen and oxygen atoms in total. The van der Waals surface area contributed by atoms with Gasteiger partial charge in [0.1, 0.15) is 0 Å². The maximum Gasteiger partial charge on any atom is 0.0323 e. The highest BCUT2D eigenvalue weighted by Gasteiger charge is 2.16. The second kappa shape index (κ2) is 6.80. The van der Waals surface area contributed by atoms with Crippen LogP contribution in [0.3, 0.4) is 0 Å². The van der Waals surface area contributed by atoms with Crippen LogP contribution in [0, 0.1) is 5.92 Å². The molecular weight excluding hydrogens is 206 g/mol. The van der Waals surface area contributed by atoms with E-state index in [1.54, 1.807) is 0 Å². The molecule has 0 aliphatic heterocycles. The lowest BCUT2D eigenvalue weighted by molar-refractivity contribution is 0.405. The first-order chi connectivity index (χ1) is 8.17. The van der Waals surface area contributed by atoms with Crippen molar-refractivity contribution in [1.29, 1.82) is 0 Å². The highest BCUT2D eigenvalue weighted by Crippen LogP contribution is 2.26. The molecule has 1 rings (SSSR count). The zero-order chi connectivity index (χ0) is 12.8. The van der Waals surface area contributed by atoms with E-state index in [1.807, 2.05) is 0 Å². The summed E-state index contributed by atoms with van der Waals surface area (Å²) in [5.41, 5.74) is 10.6. The fraction of sp³-hybridized carbons (Fsp3) is 0.625. The number of rotatable bonds is 6. The molecule has 0 saturated carbocycles. The number of hydrogen-bond acceptors (Lipinski definition) is 1. The second-order valence-corrected chi connectivity index (χ2v) is 4.84. The van der Waals surface area contributed by atoms with Gasteiger partial charge in [0.25, 0.3) is 0 Å². The Labute approximate surface area is 106 Å². The minimum atomic E-state index is 0.196. The largest absolute Gasteiger partial charge is 0.324 e. The average molecular weight is 233 g/mol. The van der Waals surface area contributed by atoms with Gasteiger partial charge in [-0.15, -0.1) is 0 Å². The SMILES string of the molecule is CCc1ccc(C(N)C(CC)CC)cc1CC. The van der Waals surface area contributed by atoms with Crippen molar-refractivity contribution in [2.75, 3.05) is 0 Å². The zero-order valence-electron chi connectivity index (χ0n) is 11.8. The van der Waals surface area contributed by atoms with Gasteiger partial charge in [-0.2, -0.15) is 0 Å². The Morgan fingerprint density at radius 1 is 0.941 bits per heavy atom. The van der Waals surface area contributed by atoms with E-state index in [9.17, 15) is 0 Å². The van der Waals surface area contributed by atoms with Crippen molar-refractivity contribution >= 4 is 0 Å². The summed E-state index contributed by atoms with van der Waals surface area (Å²) < 4.78 is 0. The molecular formula is C16H27N. The standard InChI is InChI=1S/C16H27N/c1-5-12(6-2)16(17)15-10-9-13(7-3)14(8-4)11-15/h9-12,16H,5-8,17H2,1-4H3. The lowest BCUT2D eigenvalue weighted by Gasteiger charge is -2.22. The van der Waals surface area contributed by atoms with Gasteiger partial charge in [-0.1, -0.05) is 58.7 Å². The maximum absolute atomic E-state index is 6.38. The highest BCUT2D eigenvalue weighted by atomic mass is 14.6. The van der Waals surface area contributed by atoms with E-state index in [4.69, 9.17) is 5.73 Å². The molecule has 0 saturated heterocycles. The van der Waals surface area contributed by atoms with E-state index in [-0.39, 0.29) is 6.04 Å². The van der Waals surface area contributed by atoms with Gasteiger partial charge in [0.15, 0.2) is 0 Å². The zero-order valence-corrected chi connectivity index (χ0v) is 11.8. The van der Waals surface area contributed by atoms with Crippen molar-refractivity contribution in [3.63, 3.8) is 0 Å². The summed E-state index contributed by atoms with van der Waals surface area (Å²) in [5.74, 6) is 0.604. The van der Waals surface area contributed by atoms with E-state index >= 15 is 0 Å². The Balaban J connectivity index is 2.98. The molecule has 1 aromatic carbocycles. The number of benzene rings is 1. The van der Waals surface area contributed by atoms with Crippen LogP contribution in [0.15, 0.2) is 18.2 Å². The summed E-state index contributed by atoms with van der Waals surface area (Å²) in [4.78, 5) is 0. The summed E-state index contributed by atoms with van der Waals surface area (Å²) in [6, 6.07) is 7.00. The molecule has 0 amide bonds. The third kappa shape index (κ3) is 3.32. The minimum Gasteiger partial charge on any atom is -0.324 e. The Bertz CT molecular complexity index is 339. The van der Waals surface area contributed by atoms with Crippen molar-refractivity contribution in [3.05, 3.63) is 34.9 Å². The third-order valence-electron chi connectivity index (χ3n) is 3.93. The van der Waals surface area contributed by atoms with E-state index < -0.39 is 0 Å². The van der Waals surface area contributed by atoms with Crippen molar-refractivity contribution < 1.29 is 0 Å². The van der Waals surface area contributed by atoms with E-state index in [0.29, 0.717) is 5.92 Å². The Morgan fingerprint density at radius 2 is 1.53 bits per heavy atom. The molecule has 17 heavy (non-hydrogen) atoms. The van der Waals surface area contributed by atoms with E-state index in [0.717, 1.165) is 25.7 Å². The molecule has 1 heteroatoms. The molecule has 0 bridgehead atoms. The monoisotopic (exact) mass is 233 g/mol. The molecule has 1 aromatic rings. The van der Waals surface area contributed by atoms with Crippen LogP contribution >= 0.6 is 0 Å². The van der Waals surface area contributed by atoms with Gasteiger partial charge in [-0.25, -0.2) is 0 Å². The molecule has 0 radical (unpaired) electrons. The van der Waals surface area contributed by atoms with Crippen LogP contribution in [0.1, 0.15) is 63.3 Å². The summed E-state index contributed by atoms with van der Waals surface area (Å²) in [5, 5.41) is 0. The van der Waals surface area contributed by atoms with Crippen LogP contribution in [0.2, 0.25) is 0 Å². The Morgan fingerprint density at radius 3 is 2.00 bits per heavy atom. The normalized spacial score (nSPS) is 13.1. The maximum atomic E-state index is 6.38. The van der Waals surface area contributed by atoms with Crippen LogP contribution in [-0.2, 0) is 12.8 Å². The van der Waals surface area contributed by atoms with Crippen molar-refractivity contribution in [2.45, 2.75) is 59.4 Å². The van der Waals surface area contributed by atoms with Gasteiger partial charge >= 0.3 is 0 Å². The average Bonchev–Trinajstić information content (AvgIpc) is 2.39. The van der Waals surface area contributed by atoms with Crippen molar-refractivity contribution in [2.24, 2.45) is 11.7 Å². The van der Waals surface area contributed by atoms with Crippen LogP contribution in [0.5, 0.6) is 0 Å². The predicted molar refractivity (Wildman–Crippen MR) is 76.2 cm³/mol. The van der Waals surface area contributed by atoms with Crippen molar-refractivity contribution in [1.82, 2.24) is 0 Å². The predicted octanol–water partition coefficient (Wildman–Crippen LogP) is 4.25. The van der Waals surface area contributed by atoms with E-state index in [2.05, 4.69) is 45.9 Å². The Hall–Kier alpha value is -0.820. The van der Waals surface area contributed by atoms with Gasteiger partial charge in [-0.3, -0.25) is 0 Å². The molecule has 0 heterocycles. The topological polar surface area (TPSA) is 26.0 Å². The fourth-order valence-electron chi connectivity index (χ4n) is 2.60. The molecule has 2 N–H and O–H groups in total. The molecule has 96 valence electrons.